The lowest BCUT2D eigenvalue weighted by atomic mass is 9.82. The molecule has 0 spiro atoms. The summed E-state index contributed by atoms with van der Waals surface area (Å²) < 4.78 is 0. The van der Waals surface area contributed by atoms with Crippen molar-refractivity contribution in [2.75, 3.05) is 25.5 Å². The lowest BCUT2D eigenvalue weighted by Crippen LogP contribution is -2.39. The number of nitrogens with one attached hydrogen (secondary N) is 1. The zero-order valence-corrected chi connectivity index (χ0v) is 13.2. The number of hydrogen-bond donors (Lipinski definition) is 2. The minimum atomic E-state index is -0.167. The van der Waals surface area contributed by atoms with Crippen LogP contribution in [0.1, 0.15) is 42.1 Å². The average Bonchev–Trinajstić information content (AvgIpc) is 2.42. The number of carbonyl (C=O) groups is 1. The summed E-state index contributed by atoms with van der Waals surface area (Å²) in [5.41, 5.74) is 2.80. The monoisotopic (exact) mass is 290 g/mol. The molecule has 1 aromatic carbocycles. The molecule has 0 radical (unpaired) electrons. The number of aryl methyl sites for hydroxylation is 1. The van der Waals surface area contributed by atoms with Gasteiger partial charge < -0.3 is 15.3 Å². The van der Waals surface area contributed by atoms with E-state index in [1.807, 2.05) is 32.2 Å². The van der Waals surface area contributed by atoms with Crippen LogP contribution in [0, 0.1) is 12.8 Å². The van der Waals surface area contributed by atoms with Crippen molar-refractivity contribution >= 4 is 11.6 Å². The van der Waals surface area contributed by atoms with Crippen LogP contribution >= 0.6 is 0 Å². The highest BCUT2D eigenvalue weighted by molar-refractivity contribution is 5.99. The molecule has 4 heteroatoms. The number of aliphatic hydroxyl groups is 1. The van der Waals surface area contributed by atoms with Crippen LogP contribution in [0.25, 0.3) is 0 Å². The van der Waals surface area contributed by atoms with E-state index in [4.69, 9.17) is 0 Å². The number of nitrogens with zero attached hydrogens (tertiary/aromatic N) is 1. The Morgan fingerprint density at radius 1 is 1.43 bits per heavy atom. The molecule has 0 bridgehead atoms. The molecule has 1 aliphatic rings. The number of anilines is 1. The topological polar surface area (TPSA) is 52.6 Å². The van der Waals surface area contributed by atoms with Gasteiger partial charge in [0, 0.05) is 25.8 Å². The Hall–Kier alpha value is -1.55. The summed E-state index contributed by atoms with van der Waals surface area (Å²) in [6.45, 7) is 5.72. The Morgan fingerprint density at radius 2 is 2.14 bits per heavy atom. The molecular formula is C17H26N2O2. The number of hydrogen-bond acceptors (Lipinski definition) is 3. The van der Waals surface area contributed by atoms with Crippen LogP contribution in [0.5, 0.6) is 0 Å². The molecule has 1 aliphatic carbocycles. The first kappa shape index (κ1) is 15.8. The molecule has 0 unspecified atom stereocenters. The lowest BCUT2D eigenvalue weighted by molar-refractivity contribution is 0.0265. The van der Waals surface area contributed by atoms with E-state index in [-0.39, 0.29) is 12.0 Å². The molecule has 1 saturated carbocycles. The molecule has 4 nitrogen and oxygen atoms in total. The van der Waals surface area contributed by atoms with Crippen molar-refractivity contribution in [1.82, 2.24) is 4.90 Å². The molecule has 1 aromatic rings. The van der Waals surface area contributed by atoms with Crippen LogP contribution in [0.2, 0.25) is 0 Å². The molecule has 116 valence electrons. The largest absolute Gasteiger partial charge is 0.393 e. The first-order valence-corrected chi connectivity index (χ1v) is 7.79. The van der Waals surface area contributed by atoms with Gasteiger partial charge in [-0.05, 0) is 49.8 Å². The van der Waals surface area contributed by atoms with E-state index in [1.54, 1.807) is 4.90 Å². The predicted octanol–water partition coefficient (Wildman–Crippen LogP) is 2.66. The molecule has 0 aliphatic heterocycles. The average molecular weight is 290 g/mol. The summed E-state index contributed by atoms with van der Waals surface area (Å²) in [5.74, 6) is 0.487. The fourth-order valence-electron chi connectivity index (χ4n) is 2.78. The smallest absolute Gasteiger partial charge is 0.255 e. The quantitative estimate of drug-likeness (QED) is 0.847. The number of rotatable bonds is 6. The van der Waals surface area contributed by atoms with Gasteiger partial charge in [0.15, 0.2) is 0 Å². The minimum absolute atomic E-state index is 0.0509. The number of amides is 1. The van der Waals surface area contributed by atoms with Crippen LogP contribution in [-0.2, 0) is 0 Å². The van der Waals surface area contributed by atoms with Crippen LogP contribution in [0.15, 0.2) is 18.2 Å². The zero-order chi connectivity index (χ0) is 15.4. The van der Waals surface area contributed by atoms with Gasteiger partial charge in [0.2, 0.25) is 0 Å². The molecule has 2 rings (SSSR count). The Balaban J connectivity index is 2.06. The van der Waals surface area contributed by atoms with E-state index in [9.17, 15) is 9.90 Å². The number of aliphatic hydroxyl groups excluding tert-OH is 1. The van der Waals surface area contributed by atoms with Crippen molar-refractivity contribution in [2.24, 2.45) is 5.92 Å². The third-order valence-electron chi connectivity index (χ3n) is 4.06. The second-order valence-electron chi connectivity index (χ2n) is 6.15. The zero-order valence-electron chi connectivity index (χ0n) is 13.2. The Morgan fingerprint density at radius 3 is 2.76 bits per heavy atom. The highest BCUT2D eigenvalue weighted by atomic mass is 16.3. The van der Waals surface area contributed by atoms with E-state index >= 15 is 0 Å². The van der Waals surface area contributed by atoms with Crippen LogP contribution in [0.4, 0.5) is 5.69 Å². The van der Waals surface area contributed by atoms with Gasteiger partial charge in [-0.15, -0.1) is 0 Å². The summed E-state index contributed by atoms with van der Waals surface area (Å²) in [6, 6.07) is 5.91. The SMILES string of the molecule is CCCNc1cc(C)ccc1C(=O)N(C)CC1CC(O)C1. The molecule has 1 fully saturated rings. The van der Waals surface area contributed by atoms with Gasteiger partial charge in [-0.3, -0.25) is 4.79 Å². The Labute approximate surface area is 127 Å². The number of benzene rings is 1. The van der Waals surface area contributed by atoms with E-state index in [0.717, 1.165) is 49.2 Å². The van der Waals surface area contributed by atoms with Gasteiger partial charge in [0.1, 0.15) is 0 Å². The van der Waals surface area contributed by atoms with Gasteiger partial charge in [0.05, 0.1) is 11.7 Å². The molecule has 21 heavy (non-hydrogen) atoms. The van der Waals surface area contributed by atoms with Crippen molar-refractivity contribution in [3.05, 3.63) is 29.3 Å². The maximum atomic E-state index is 12.6. The Kier molecular flexibility index (Phi) is 5.23. The minimum Gasteiger partial charge on any atom is -0.393 e. The first-order valence-electron chi connectivity index (χ1n) is 7.79. The van der Waals surface area contributed by atoms with Gasteiger partial charge in [-0.25, -0.2) is 0 Å². The fourth-order valence-corrected chi connectivity index (χ4v) is 2.78. The van der Waals surface area contributed by atoms with Crippen molar-refractivity contribution in [3.8, 4) is 0 Å². The van der Waals surface area contributed by atoms with Crippen molar-refractivity contribution in [1.29, 1.82) is 0 Å². The van der Waals surface area contributed by atoms with Crippen molar-refractivity contribution < 1.29 is 9.90 Å². The summed E-state index contributed by atoms with van der Waals surface area (Å²) in [5, 5.41) is 12.7. The maximum Gasteiger partial charge on any atom is 0.255 e. The van der Waals surface area contributed by atoms with Gasteiger partial charge in [0.25, 0.3) is 5.91 Å². The maximum absolute atomic E-state index is 12.6. The van der Waals surface area contributed by atoms with Gasteiger partial charge >= 0.3 is 0 Å². The second kappa shape index (κ2) is 6.94. The second-order valence-corrected chi connectivity index (χ2v) is 6.15. The highest BCUT2D eigenvalue weighted by Gasteiger charge is 2.29. The van der Waals surface area contributed by atoms with Gasteiger partial charge in [-0.1, -0.05) is 13.0 Å². The summed E-state index contributed by atoms with van der Waals surface area (Å²) in [4.78, 5) is 14.4. The summed E-state index contributed by atoms with van der Waals surface area (Å²) >= 11 is 0. The van der Waals surface area contributed by atoms with Crippen LogP contribution in [0.3, 0.4) is 0 Å². The molecule has 0 atom stereocenters. The standard InChI is InChI=1S/C17H26N2O2/c1-4-7-18-16-8-12(2)5-6-15(16)17(21)19(3)11-13-9-14(20)10-13/h5-6,8,13-14,18,20H,4,7,9-11H2,1-3H3. The van der Waals surface area contributed by atoms with Crippen molar-refractivity contribution in [2.45, 2.75) is 39.2 Å². The van der Waals surface area contributed by atoms with Gasteiger partial charge in [-0.2, -0.15) is 0 Å². The molecule has 0 saturated heterocycles. The Bertz CT molecular complexity index is 496. The van der Waals surface area contributed by atoms with Crippen LogP contribution < -0.4 is 5.32 Å². The normalized spacial score (nSPS) is 20.8. The lowest BCUT2D eigenvalue weighted by Gasteiger charge is -2.34. The third-order valence-corrected chi connectivity index (χ3v) is 4.06. The fraction of sp³-hybridized carbons (Fsp3) is 0.588. The molecule has 2 N–H and O–H groups in total. The van der Waals surface area contributed by atoms with E-state index < -0.39 is 0 Å². The summed E-state index contributed by atoms with van der Waals surface area (Å²) in [7, 11) is 1.84. The third kappa shape index (κ3) is 3.97. The molecule has 0 heterocycles. The van der Waals surface area contributed by atoms with E-state index in [1.165, 1.54) is 0 Å². The highest BCUT2D eigenvalue weighted by Crippen LogP contribution is 2.28. The predicted molar refractivity (Wildman–Crippen MR) is 85.7 cm³/mol. The van der Waals surface area contributed by atoms with Crippen molar-refractivity contribution in [3.63, 3.8) is 0 Å². The number of carbonyl (C=O) groups excluding carboxylic acids is 1. The molecule has 1 amide bonds. The van der Waals surface area contributed by atoms with E-state index in [0.29, 0.717) is 5.92 Å². The van der Waals surface area contributed by atoms with Crippen LogP contribution in [-0.4, -0.2) is 42.2 Å². The summed E-state index contributed by atoms with van der Waals surface area (Å²) in [6.07, 6.45) is 2.48. The molecular weight excluding hydrogens is 264 g/mol. The molecule has 0 aromatic heterocycles. The first-order chi connectivity index (χ1) is 10.0. The van der Waals surface area contributed by atoms with E-state index in [2.05, 4.69) is 12.2 Å².